The maximum absolute atomic E-state index is 12.2. The Morgan fingerprint density at radius 3 is 2.89 bits per heavy atom. The van der Waals surface area contributed by atoms with Gasteiger partial charge in [-0.2, -0.15) is 5.10 Å². The van der Waals surface area contributed by atoms with Crippen LogP contribution in [-0.4, -0.2) is 39.1 Å². The van der Waals surface area contributed by atoms with Gasteiger partial charge in [-0.05, 0) is 43.2 Å². The Kier molecular flexibility index (Phi) is 4.84. The third-order valence-electron chi connectivity index (χ3n) is 4.71. The third kappa shape index (κ3) is 3.62. The van der Waals surface area contributed by atoms with E-state index in [0.29, 0.717) is 12.1 Å². The molecule has 1 aliphatic rings. The van der Waals surface area contributed by atoms with Crippen LogP contribution >= 0.6 is 0 Å². The molecule has 2 amide bonds. The molecule has 0 spiro atoms. The maximum atomic E-state index is 12.2. The highest BCUT2D eigenvalue weighted by Gasteiger charge is 2.21. The molecule has 8 nitrogen and oxygen atoms in total. The molecule has 1 N–H and O–H groups in total. The number of amides is 2. The largest absolute Gasteiger partial charge is 0.312 e. The van der Waals surface area contributed by atoms with Crippen LogP contribution < -0.4 is 10.3 Å². The van der Waals surface area contributed by atoms with E-state index in [1.807, 2.05) is 55.5 Å². The summed E-state index contributed by atoms with van der Waals surface area (Å²) in [4.78, 5) is 26.0. The summed E-state index contributed by atoms with van der Waals surface area (Å²) in [6, 6.07) is 15.1. The fourth-order valence-corrected chi connectivity index (χ4v) is 3.24. The first-order valence-electron chi connectivity index (χ1n) is 9.14. The standard InChI is InChI=1S/C20H20N6O2/c1-14(15-6-4-7-16(12-15)25-11-5-10-20(25)28)21-23-19(27)13-26-18-9-3-2-8-17(18)22-24-26/h2-4,6-9,12H,5,10-11,13H2,1H3,(H,23,27)/b21-14-. The van der Waals surface area contributed by atoms with E-state index in [0.717, 1.165) is 35.2 Å². The lowest BCUT2D eigenvalue weighted by Gasteiger charge is -2.16. The zero-order chi connectivity index (χ0) is 19.5. The summed E-state index contributed by atoms with van der Waals surface area (Å²) in [6.45, 7) is 2.58. The molecule has 28 heavy (non-hydrogen) atoms. The molecule has 1 aliphatic heterocycles. The van der Waals surface area contributed by atoms with Gasteiger partial charge in [0.25, 0.3) is 5.91 Å². The molecule has 142 valence electrons. The maximum Gasteiger partial charge on any atom is 0.261 e. The lowest BCUT2D eigenvalue weighted by atomic mass is 10.1. The molecule has 1 fully saturated rings. The Labute approximate surface area is 161 Å². The van der Waals surface area contributed by atoms with Gasteiger partial charge in [0.1, 0.15) is 12.1 Å². The van der Waals surface area contributed by atoms with Crippen LogP contribution in [0, 0.1) is 0 Å². The van der Waals surface area contributed by atoms with Crippen molar-refractivity contribution in [1.29, 1.82) is 0 Å². The van der Waals surface area contributed by atoms with Gasteiger partial charge in [0.15, 0.2) is 0 Å². The number of nitrogens with zero attached hydrogens (tertiary/aromatic N) is 5. The van der Waals surface area contributed by atoms with Gasteiger partial charge in [-0.3, -0.25) is 9.59 Å². The van der Waals surface area contributed by atoms with Crippen molar-refractivity contribution in [3.63, 3.8) is 0 Å². The lowest BCUT2D eigenvalue weighted by molar-refractivity contribution is -0.121. The SMILES string of the molecule is C/C(=N/NC(=O)Cn1nnc2ccccc21)c1cccc(N2CCCC2=O)c1. The molecular weight excluding hydrogens is 356 g/mol. The second kappa shape index (κ2) is 7.59. The Hall–Kier alpha value is -3.55. The number of nitrogens with one attached hydrogen (secondary N) is 1. The van der Waals surface area contributed by atoms with Gasteiger partial charge in [0.05, 0.1) is 11.2 Å². The first-order valence-corrected chi connectivity index (χ1v) is 9.14. The van der Waals surface area contributed by atoms with E-state index in [2.05, 4.69) is 20.8 Å². The van der Waals surface area contributed by atoms with Crippen molar-refractivity contribution in [2.45, 2.75) is 26.3 Å². The molecule has 0 atom stereocenters. The minimum atomic E-state index is -0.291. The number of aromatic nitrogens is 3. The fraction of sp³-hybridized carbons (Fsp3) is 0.250. The Morgan fingerprint density at radius 1 is 1.21 bits per heavy atom. The predicted octanol–water partition coefficient (Wildman–Crippen LogP) is 2.10. The van der Waals surface area contributed by atoms with Crippen LogP contribution in [0.4, 0.5) is 5.69 Å². The Morgan fingerprint density at radius 2 is 2.07 bits per heavy atom. The summed E-state index contributed by atoms with van der Waals surface area (Å²) in [6.07, 6.45) is 1.47. The van der Waals surface area contributed by atoms with Crippen LogP contribution in [-0.2, 0) is 16.1 Å². The van der Waals surface area contributed by atoms with Gasteiger partial charge in [-0.1, -0.05) is 29.5 Å². The molecule has 4 rings (SSSR count). The predicted molar refractivity (Wildman–Crippen MR) is 106 cm³/mol. The van der Waals surface area contributed by atoms with Crippen LogP contribution in [0.25, 0.3) is 11.0 Å². The summed E-state index contributed by atoms with van der Waals surface area (Å²) in [5.41, 5.74) is 6.46. The highest BCUT2D eigenvalue weighted by molar-refractivity contribution is 6.01. The van der Waals surface area contributed by atoms with Crippen LogP contribution in [0.2, 0.25) is 0 Å². The van der Waals surface area contributed by atoms with Crippen molar-refractivity contribution in [1.82, 2.24) is 20.4 Å². The molecule has 0 bridgehead atoms. The number of hydrogen-bond donors (Lipinski definition) is 1. The zero-order valence-corrected chi connectivity index (χ0v) is 15.5. The van der Waals surface area contributed by atoms with E-state index in [9.17, 15) is 9.59 Å². The van der Waals surface area contributed by atoms with Crippen molar-refractivity contribution >= 4 is 34.2 Å². The number of hydrazone groups is 1. The summed E-state index contributed by atoms with van der Waals surface area (Å²) in [7, 11) is 0. The molecule has 1 aromatic heterocycles. The topological polar surface area (TPSA) is 92.5 Å². The summed E-state index contributed by atoms with van der Waals surface area (Å²) in [5, 5.41) is 12.2. The molecular formula is C20H20N6O2. The minimum absolute atomic E-state index is 0.0274. The minimum Gasteiger partial charge on any atom is -0.312 e. The van der Waals surface area contributed by atoms with Crippen LogP contribution in [0.3, 0.4) is 0 Å². The first kappa shape index (κ1) is 17.8. The summed E-state index contributed by atoms with van der Waals surface area (Å²) < 4.78 is 1.54. The Balaban J connectivity index is 1.44. The molecule has 0 saturated carbocycles. The van der Waals surface area contributed by atoms with E-state index >= 15 is 0 Å². The number of para-hydroxylation sites is 1. The fourth-order valence-electron chi connectivity index (χ4n) is 3.24. The van der Waals surface area contributed by atoms with E-state index in [1.165, 1.54) is 4.68 Å². The zero-order valence-electron chi connectivity index (χ0n) is 15.5. The summed E-state index contributed by atoms with van der Waals surface area (Å²) >= 11 is 0. The van der Waals surface area contributed by atoms with E-state index in [1.54, 1.807) is 4.90 Å². The Bertz CT molecular complexity index is 1070. The molecule has 0 unspecified atom stereocenters. The lowest BCUT2D eigenvalue weighted by Crippen LogP contribution is -2.25. The van der Waals surface area contributed by atoms with Gasteiger partial charge in [-0.15, -0.1) is 5.10 Å². The van der Waals surface area contributed by atoms with Gasteiger partial charge >= 0.3 is 0 Å². The van der Waals surface area contributed by atoms with Crippen LogP contribution in [0.15, 0.2) is 53.6 Å². The number of carbonyl (C=O) groups is 2. The normalized spacial score (nSPS) is 14.7. The van der Waals surface area contributed by atoms with Gasteiger partial charge in [-0.25, -0.2) is 10.1 Å². The monoisotopic (exact) mass is 376 g/mol. The molecule has 8 heteroatoms. The van der Waals surface area contributed by atoms with Crippen molar-refractivity contribution in [2.75, 3.05) is 11.4 Å². The van der Waals surface area contributed by atoms with Crippen molar-refractivity contribution in [2.24, 2.45) is 5.10 Å². The quantitative estimate of drug-likeness (QED) is 0.545. The van der Waals surface area contributed by atoms with E-state index < -0.39 is 0 Å². The number of anilines is 1. The first-order chi connectivity index (χ1) is 13.6. The second-order valence-electron chi connectivity index (χ2n) is 6.67. The van der Waals surface area contributed by atoms with Crippen molar-refractivity contribution < 1.29 is 9.59 Å². The molecule has 3 aromatic rings. The van der Waals surface area contributed by atoms with Crippen molar-refractivity contribution in [3.8, 4) is 0 Å². The number of carbonyl (C=O) groups excluding carboxylic acids is 2. The van der Waals surface area contributed by atoms with Gasteiger partial charge in [0.2, 0.25) is 5.91 Å². The summed E-state index contributed by atoms with van der Waals surface area (Å²) in [5.74, 6) is -0.152. The van der Waals surface area contributed by atoms with E-state index in [-0.39, 0.29) is 18.4 Å². The second-order valence-corrected chi connectivity index (χ2v) is 6.67. The average molecular weight is 376 g/mol. The highest BCUT2D eigenvalue weighted by Crippen LogP contribution is 2.22. The number of rotatable bonds is 5. The number of benzene rings is 2. The van der Waals surface area contributed by atoms with Crippen molar-refractivity contribution in [3.05, 3.63) is 54.1 Å². The molecule has 2 aromatic carbocycles. The molecule has 2 heterocycles. The van der Waals surface area contributed by atoms with E-state index in [4.69, 9.17) is 0 Å². The number of fused-ring (bicyclic) bond motifs is 1. The molecule has 1 saturated heterocycles. The average Bonchev–Trinajstić information content (AvgIpc) is 3.33. The van der Waals surface area contributed by atoms with Crippen LogP contribution in [0.1, 0.15) is 25.3 Å². The van der Waals surface area contributed by atoms with Gasteiger partial charge < -0.3 is 4.90 Å². The molecule has 0 radical (unpaired) electrons. The van der Waals surface area contributed by atoms with Crippen LogP contribution in [0.5, 0.6) is 0 Å². The smallest absolute Gasteiger partial charge is 0.261 e. The van der Waals surface area contributed by atoms with Gasteiger partial charge in [0, 0.05) is 18.7 Å². The third-order valence-corrected chi connectivity index (χ3v) is 4.71. The number of hydrogen-bond acceptors (Lipinski definition) is 5. The molecule has 0 aliphatic carbocycles. The highest BCUT2D eigenvalue weighted by atomic mass is 16.2.